The number of aromatic carboxylic acids is 1. The Bertz CT molecular complexity index is 771. The largest absolute Gasteiger partial charge is 0.508 e. The SMILES string of the molecule is O=C(O)c1ccc(O)cc1C(c1ccccc1)c1ccccc1. The van der Waals surface area contributed by atoms with E-state index in [1.807, 2.05) is 60.7 Å². The predicted molar refractivity (Wildman–Crippen MR) is 88.9 cm³/mol. The number of hydrogen-bond donors (Lipinski definition) is 2. The Kier molecular flexibility index (Phi) is 4.11. The van der Waals surface area contributed by atoms with E-state index < -0.39 is 5.97 Å². The number of benzene rings is 3. The van der Waals surface area contributed by atoms with E-state index >= 15 is 0 Å². The summed E-state index contributed by atoms with van der Waals surface area (Å²) < 4.78 is 0. The molecule has 23 heavy (non-hydrogen) atoms. The van der Waals surface area contributed by atoms with Gasteiger partial charge < -0.3 is 10.2 Å². The van der Waals surface area contributed by atoms with Crippen LogP contribution in [-0.4, -0.2) is 16.2 Å². The predicted octanol–water partition coefficient (Wildman–Crippen LogP) is 4.27. The molecule has 0 aromatic heterocycles. The van der Waals surface area contributed by atoms with Crippen molar-refractivity contribution >= 4 is 5.97 Å². The average molecular weight is 304 g/mol. The molecule has 3 aromatic rings. The molecule has 0 saturated carbocycles. The summed E-state index contributed by atoms with van der Waals surface area (Å²) in [6, 6.07) is 23.8. The van der Waals surface area contributed by atoms with E-state index in [4.69, 9.17) is 0 Å². The number of aromatic hydroxyl groups is 1. The standard InChI is InChI=1S/C20H16O3/c21-16-11-12-17(20(22)23)18(13-16)19(14-7-3-1-4-8-14)15-9-5-2-6-10-15/h1-13,19,21H,(H,22,23). The van der Waals surface area contributed by atoms with E-state index in [2.05, 4.69) is 0 Å². The molecule has 3 rings (SSSR count). The minimum absolute atomic E-state index is 0.0573. The maximum absolute atomic E-state index is 11.6. The Hall–Kier alpha value is -3.07. The number of hydrogen-bond acceptors (Lipinski definition) is 2. The zero-order valence-corrected chi connectivity index (χ0v) is 12.4. The lowest BCUT2D eigenvalue weighted by molar-refractivity contribution is 0.0695. The Morgan fingerprint density at radius 2 is 1.30 bits per heavy atom. The van der Waals surface area contributed by atoms with Crippen LogP contribution in [0, 0.1) is 0 Å². The Balaban J connectivity index is 2.25. The molecular formula is C20H16O3. The highest BCUT2D eigenvalue weighted by atomic mass is 16.4. The van der Waals surface area contributed by atoms with Crippen molar-refractivity contribution in [3.05, 3.63) is 101 Å². The van der Waals surface area contributed by atoms with Crippen molar-refractivity contribution in [3.8, 4) is 5.75 Å². The fraction of sp³-hybridized carbons (Fsp3) is 0.0500. The van der Waals surface area contributed by atoms with Gasteiger partial charge in [0.2, 0.25) is 0 Å². The molecule has 3 heteroatoms. The van der Waals surface area contributed by atoms with Gasteiger partial charge in [0.05, 0.1) is 5.56 Å². The van der Waals surface area contributed by atoms with Gasteiger partial charge in [-0.3, -0.25) is 0 Å². The highest BCUT2D eigenvalue weighted by Crippen LogP contribution is 2.35. The monoisotopic (exact) mass is 304 g/mol. The van der Waals surface area contributed by atoms with E-state index in [-0.39, 0.29) is 17.2 Å². The van der Waals surface area contributed by atoms with Crippen molar-refractivity contribution in [2.75, 3.05) is 0 Å². The number of carboxylic acid groups (broad SMARTS) is 1. The molecule has 0 radical (unpaired) electrons. The molecule has 3 nitrogen and oxygen atoms in total. The van der Waals surface area contributed by atoms with Gasteiger partial charge in [-0.1, -0.05) is 60.7 Å². The normalized spacial score (nSPS) is 10.7. The molecule has 0 aliphatic heterocycles. The van der Waals surface area contributed by atoms with Crippen LogP contribution in [0.5, 0.6) is 5.75 Å². The maximum Gasteiger partial charge on any atom is 0.336 e. The van der Waals surface area contributed by atoms with E-state index in [0.717, 1.165) is 11.1 Å². The zero-order valence-electron chi connectivity index (χ0n) is 12.4. The fourth-order valence-corrected chi connectivity index (χ4v) is 2.83. The average Bonchev–Trinajstić information content (AvgIpc) is 2.57. The number of carboxylic acids is 1. The van der Waals surface area contributed by atoms with E-state index in [1.54, 1.807) is 0 Å². The molecule has 0 bridgehead atoms. The van der Waals surface area contributed by atoms with Crippen LogP contribution in [0.25, 0.3) is 0 Å². The first-order chi connectivity index (χ1) is 11.2. The molecule has 0 atom stereocenters. The van der Waals surface area contributed by atoms with Gasteiger partial charge in [-0.15, -0.1) is 0 Å². The quantitative estimate of drug-likeness (QED) is 0.708. The first-order valence-corrected chi connectivity index (χ1v) is 7.33. The topological polar surface area (TPSA) is 57.5 Å². The second-order valence-corrected chi connectivity index (χ2v) is 5.33. The summed E-state index contributed by atoms with van der Waals surface area (Å²) in [5.41, 5.74) is 2.73. The van der Waals surface area contributed by atoms with Crippen LogP contribution in [0.4, 0.5) is 0 Å². The van der Waals surface area contributed by atoms with Crippen LogP contribution in [0.15, 0.2) is 78.9 Å². The van der Waals surface area contributed by atoms with Crippen molar-refractivity contribution < 1.29 is 15.0 Å². The fourth-order valence-electron chi connectivity index (χ4n) is 2.83. The molecule has 0 unspecified atom stereocenters. The minimum atomic E-state index is -1.00. The molecule has 0 fully saturated rings. The third kappa shape index (κ3) is 3.09. The molecule has 0 spiro atoms. The van der Waals surface area contributed by atoms with Crippen LogP contribution in [0.1, 0.15) is 33.0 Å². The summed E-state index contributed by atoms with van der Waals surface area (Å²) in [4.78, 5) is 11.6. The molecule has 0 amide bonds. The van der Waals surface area contributed by atoms with Crippen molar-refractivity contribution in [1.29, 1.82) is 0 Å². The Morgan fingerprint density at radius 1 is 0.783 bits per heavy atom. The summed E-state index contributed by atoms with van der Waals surface area (Å²) in [6.45, 7) is 0. The maximum atomic E-state index is 11.6. The highest BCUT2D eigenvalue weighted by molar-refractivity contribution is 5.90. The number of rotatable bonds is 4. The van der Waals surface area contributed by atoms with E-state index in [1.165, 1.54) is 18.2 Å². The summed E-state index contributed by atoms with van der Waals surface area (Å²) >= 11 is 0. The zero-order chi connectivity index (χ0) is 16.2. The summed E-state index contributed by atoms with van der Waals surface area (Å²) in [6.07, 6.45) is 0. The summed E-state index contributed by atoms with van der Waals surface area (Å²) in [5, 5.41) is 19.4. The van der Waals surface area contributed by atoms with Crippen molar-refractivity contribution in [3.63, 3.8) is 0 Å². The van der Waals surface area contributed by atoms with Gasteiger partial charge in [-0.2, -0.15) is 0 Å². The van der Waals surface area contributed by atoms with Gasteiger partial charge in [-0.05, 0) is 34.9 Å². The second-order valence-electron chi connectivity index (χ2n) is 5.33. The first-order valence-electron chi connectivity index (χ1n) is 7.33. The van der Waals surface area contributed by atoms with Crippen molar-refractivity contribution in [1.82, 2.24) is 0 Å². The molecule has 0 saturated heterocycles. The van der Waals surface area contributed by atoms with Gasteiger partial charge >= 0.3 is 5.97 Å². The van der Waals surface area contributed by atoms with Crippen LogP contribution in [-0.2, 0) is 0 Å². The molecule has 2 N–H and O–H groups in total. The number of phenols is 1. The molecular weight excluding hydrogens is 288 g/mol. The smallest absolute Gasteiger partial charge is 0.336 e. The number of phenolic OH excluding ortho intramolecular Hbond substituents is 1. The van der Waals surface area contributed by atoms with Gasteiger partial charge in [0.25, 0.3) is 0 Å². The van der Waals surface area contributed by atoms with Gasteiger partial charge in [-0.25, -0.2) is 4.79 Å². The van der Waals surface area contributed by atoms with Crippen LogP contribution >= 0.6 is 0 Å². The first kappa shape index (κ1) is 14.9. The molecule has 0 aliphatic rings. The molecule has 114 valence electrons. The van der Waals surface area contributed by atoms with Crippen molar-refractivity contribution in [2.24, 2.45) is 0 Å². The van der Waals surface area contributed by atoms with E-state index in [0.29, 0.717) is 5.56 Å². The lowest BCUT2D eigenvalue weighted by Gasteiger charge is -2.21. The van der Waals surface area contributed by atoms with Crippen LogP contribution in [0.2, 0.25) is 0 Å². The molecule has 0 aliphatic carbocycles. The lowest BCUT2D eigenvalue weighted by atomic mass is 9.83. The van der Waals surface area contributed by atoms with Gasteiger partial charge in [0.15, 0.2) is 0 Å². The molecule has 3 aromatic carbocycles. The summed E-state index contributed by atoms with van der Waals surface area (Å²) in [5.74, 6) is -1.20. The van der Waals surface area contributed by atoms with E-state index in [9.17, 15) is 15.0 Å². The van der Waals surface area contributed by atoms with Crippen molar-refractivity contribution in [2.45, 2.75) is 5.92 Å². The lowest BCUT2D eigenvalue weighted by Crippen LogP contribution is -2.10. The summed E-state index contributed by atoms with van der Waals surface area (Å²) in [7, 11) is 0. The Labute approximate surface area is 134 Å². The third-order valence-corrected chi connectivity index (χ3v) is 3.84. The second kappa shape index (κ2) is 6.36. The number of carbonyl (C=O) groups is 1. The minimum Gasteiger partial charge on any atom is -0.508 e. The van der Waals surface area contributed by atoms with Gasteiger partial charge in [0, 0.05) is 5.92 Å². The molecule has 0 heterocycles. The Morgan fingerprint density at radius 3 is 1.78 bits per heavy atom. The third-order valence-electron chi connectivity index (χ3n) is 3.84. The highest BCUT2D eigenvalue weighted by Gasteiger charge is 2.22. The van der Waals surface area contributed by atoms with Crippen LogP contribution < -0.4 is 0 Å². The van der Waals surface area contributed by atoms with Gasteiger partial charge in [0.1, 0.15) is 5.75 Å². The van der Waals surface area contributed by atoms with Crippen LogP contribution in [0.3, 0.4) is 0 Å².